The highest BCUT2D eigenvalue weighted by molar-refractivity contribution is 5.19. The Labute approximate surface area is 88.5 Å². The average molecular weight is 205 g/mol. The van der Waals surface area contributed by atoms with Gasteiger partial charge in [-0.1, -0.05) is 13.8 Å². The Bertz CT molecular complexity index is 427. The fourth-order valence-electron chi connectivity index (χ4n) is 1.65. The number of aryl methyl sites for hydroxylation is 1. The Balaban J connectivity index is 2.20. The normalized spacial score (nSPS) is 11.2. The first kappa shape index (κ1) is 9.89. The molecule has 0 aliphatic heterocycles. The predicted molar refractivity (Wildman–Crippen MR) is 56.5 cm³/mol. The summed E-state index contributed by atoms with van der Waals surface area (Å²) < 4.78 is 1.91. The van der Waals surface area contributed by atoms with Gasteiger partial charge in [0.25, 0.3) is 0 Å². The van der Waals surface area contributed by atoms with Gasteiger partial charge in [-0.15, -0.1) is 0 Å². The molecule has 0 spiro atoms. The summed E-state index contributed by atoms with van der Waals surface area (Å²) in [7, 11) is 0. The number of nitrogens with zero attached hydrogens (tertiary/aromatic N) is 4. The fourth-order valence-corrected chi connectivity index (χ4v) is 1.65. The van der Waals surface area contributed by atoms with E-state index in [-0.39, 0.29) is 0 Å². The lowest BCUT2D eigenvalue weighted by molar-refractivity contribution is 0.663. The smallest absolute Gasteiger partial charge is 0.104 e. The summed E-state index contributed by atoms with van der Waals surface area (Å²) in [4.78, 5) is 0. The van der Waals surface area contributed by atoms with Gasteiger partial charge in [0.15, 0.2) is 0 Å². The summed E-state index contributed by atoms with van der Waals surface area (Å²) in [6.07, 6.45) is 3.79. The molecule has 0 amide bonds. The molecule has 2 heterocycles. The van der Waals surface area contributed by atoms with Crippen LogP contribution in [0.3, 0.4) is 0 Å². The largest absolute Gasteiger partial charge is 0.266 e. The molecule has 0 bridgehead atoms. The summed E-state index contributed by atoms with van der Waals surface area (Å²) >= 11 is 0. The highest BCUT2D eigenvalue weighted by Gasteiger charge is 2.08. The number of H-pyrrole nitrogens is 1. The summed E-state index contributed by atoms with van der Waals surface area (Å²) in [5, 5.41) is 14.8. The van der Waals surface area contributed by atoms with Gasteiger partial charge in [-0.2, -0.15) is 20.5 Å². The maximum absolute atomic E-state index is 4.44. The van der Waals surface area contributed by atoms with Gasteiger partial charge in [0, 0.05) is 6.20 Å². The minimum Gasteiger partial charge on any atom is -0.266 e. The number of hydrogen-bond donors (Lipinski definition) is 1. The molecule has 2 rings (SSSR count). The van der Waals surface area contributed by atoms with E-state index in [0.717, 1.165) is 11.4 Å². The van der Waals surface area contributed by atoms with Crippen molar-refractivity contribution in [1.82, 2.24) is 25.2 Å². The molecule has 0 saturated heterocycles. The van der Waals surface area contributed by atoms with Gasteiger partial charge in [0.2, 0.25) is 0 Å². The Morgan fingerprint density at radius 1 is 1.47 bits per heavy atom. The van der Waals surface area contributed by atoms with Crippen molar-refractivity contribution in [2.24, 2.45) is 0 Å². The predicted octanol–water partition coefficient (Wildman–Crippen LogP) is 1.48. The number of hydrogen-bond acceptors (Lipinski definition) is 3. The molecule has 15 heavy (non-hydrogen) atoms. The summed E-state index contributed by atoms with van der Waals surface area (Å²) in [6, 6.07) is 0. The second-order valence-corrected chi connectivity index (χ2v) is 3.98. The lowest BCUT2D eigenvalue weighted by Crippen LogP contribution is -2.00. The lowest BCUT2D eigenvalue weighted by atomic mass is 10.1. The molecular formula is C10H15N5. The summed E-state index contributed by atoms with van der Waals surface area (Å²) in [6.45, 7) is 7.05. The third-order valence-electron chi connectivity index (χ3n) is 2.40. The standard InChI is InChI=1S/C10H15N5/c1-7(2)10-6-15(13-8(10)3)5-9-4-11-14-12-9/h4,6-7H,5H2,1-3H3,(H,11,12,14). The Morgan fingerprint density at radius 3 is 2.80 bits per heavy atom. The van der Waals surface area contributed by atoms with Gasteiger partial charge in [-0.3, -0.25) is 4.68 Å². The Morgan fingerprint density at radius 2 is 2.27 bits per heavy atom. The van der Waals surface area contributed by atoms with Gasteiger partial charge in [0.1, 0.15) is 5.69 Å². The third-order valence-corrected chi connectivity index (χ3v) is 2.40. The summed E-state index contributed by atoms with van der Waals surface area (Å²) in [5.74, 6) is 0.510. The zero-order valence-corrected chi connectivity index (χ0v) is 9.23. The maximum Gasteiger partial charge on any atom is 0.104 e. The van der Waals surface area contributed by atoms with Crippen molar-refractivity contribution >= 4 is 0 Å². The molecule has 0 aliphatic carbocycles. The zero-order valence-electron chi connectivity index (χ0n) is 9.23. The monoisotopic (exact) mass is 205 g/mol. The van der Waals surface area contributed by atoms with Gasteiger partial charge in [-0.25, -0.2) is 0 Å². The molecule has 0 atom stereocenters. The number of nitrogens with one attached hydrogen (secondary N) is 1. The van der Waals surface area contributed by atoms with Crippen molar-refractivity contribution in [2.45, 2.75) is 33.2 Å². The van der Waals surface area contributed by atoms with E-state index in [1.807, 2.05) is 11.6 Å². The first-order valence-electron chi connectivity index (χ1n) is 5.05. The molecule has 2 aromatic heterocycles. The molecule has 2 aromatic rings. The minimum absolute atomic E-state index is 0.510. The van der Waals surface area contributed by atoms with Crippen LogP contribution in [0.2, 0.25) is 0 Å². The highest BCUT2D eigenvalue weighted by Crippen LogP contribution is 2.17. The number of aromatic amines is 1. The molecule has 5 heteroatoms. The fraction of sp³-hybridized carbons (Fsp3) is 0.500. The van der Waals surface area contributed by atoms with Crippen LogP contribution in [0.25, 0.3) is 0 Å². The van der Waals surface area contributed by atoms with Crippen LogP contribution in [-0.4, -0.2) is 25.2 Å². The maximum atomic E-state index is 4.44. The van der Waals surface area contributed by atoms with Crippen LogP contribution in [0.4, 0.5) is 0 Å². The topological polar surface area (TPSA) is 59.4 Å². The molecule has 0 saturated carbocycles. The van der Waals surface area contributed by atoms with Crippen LogP contribution in [0, 0.1) is 6.92 Å². The van der Waals surface area contributed by atoms with Crippen LogP contribution < -0.4 is 0 Å². The van der Waals surface area contributed by atoms with E-state index in [0.29, 0.717) is 12.5 Å². The van der Waals surface area contributed by atoms with Crippen molar-refractivity contribution < 1.29 is 0 Å². The van der Waals surface area contributed by atoms with E-state index < -0.39 is 0 Å². The van der Waals surface area contributed by atoms with Gasteiger partial charge in [-0.05, 0) is 18.4 Å². The summed E-state index contributed by atoms with van der Waals surface area (Å²) in [5.41, 5.74) is 3.28. The quantitative estimate of drug-likeness (QED) is 0.825. The molecule has 0 unspecified atom stereocenters. The second kappa shape index (κ2) is 3.84. The molecule has 0 radical (unpaired) electrons. The number of aromatic nitrogens is 5. The first-order chi connectivity index (χ1) is 7.16. The lowest BCUT2D eigenvalue weighted by Gasteiger charge is -1.99. The van der Waals surface area contributed by atoms with Crippen LogP contribution in [-0.2, 0) is 6.54 Å². The molecule has 0 aromatic carbocycles. The second-order valence-electron chi connectivity index (χ2n) is 3.98. The average Bonchev–Trinajstić information content (AvgIpc) is 2.75. The van der Waals surface area contributed by atoms with E-state index >= 15 is 0 Å². The molecule has 0 aliphatic rings. The molecule has 80 valence electrons. The van der Waals surface area contributed by atoms with Crippen molar-refractivity contribution in [3.8, 4) is 0 Å². The SMILES string of the molecule is Cc1nn(Cc2cn[nH]n2)cc1C(C)C. The van der Waals surface area contributed by atoms with Gasteiger partial charge in [0.05, 0.1) is 18.4 Å². The van der Waals surface area contributed by atoms with E-state index in [2.05, 4.69) is 40.6 Å². The van der Waals surface area contributed by atoms with Crippen molar-refractivity contribution in [3.63, 3.8) is 0 Å². The molecule has 1 N–H and O–H groups in total. The van der Waals surface area contributed by atoms with Gasteiger partial charge < -0.3 is 0 Å². The van der Waals surface area contributed by atoms with E-state index in [1.165, 1.54) is 5.56 Å². The zero-order chi connectivity index (χ0) is 10.8. The number of rotatable bonds is 3. The van der Waals surface area contributed by atoms with Crippen molar-refractivity contribution in [1.29, 1.82) is 0 Å². The highest BCUT2D eigenvalue weighted by atomic mass is 15.3. The first-order valence-corrected chi connectivity index (χ1v) is 5.05. The van der Waals surface area contributed by atoms with E-state index in [9.17, 15) is 0 Å². The molecule has 5 nitrogen and oxygen atoms in total. The van der Waals surface area contributed by atoms with Gasteiger partial charge >= 0.3 is 0 Å². The Hall–Kier alpha value is -1.65. The van der Waals surface area contributed by atoms with Crippen LogP contribution in [0.1, 0.15) is 36.7 Å². The van der Waals surface area contributed by atoms with Crippen LogP contribution in [0.5, 0.6) is 0 Å². The van der Waals surface area contributed by atoms with Crippen LogP contribution >= 0.6 is 0 Å². The van der Waals surface area contributed by atoms with Crippen LogP contribution in [0.15, 0.2) is 12.4 Å². The molecule has 0 fully saturated rings. The van der Waals surface area contributed by atoms with E-state index in [1.54, 1.807) is 6.20 Å². The Kier molecular flexibility index (Phi) is 2.53. The minimum atomic E-state index is 0.510. The van der Waals surface area contributed by atoms with E-state index in [4.69, 9.17) is 0 Å². The van der Waals surface area contributed by atoms with Crippen molar-refractivity contribution in [2.75, 3.05) is 0 Å². The van der Waals surface area contributed by atoms with Crippen molar-refractivity contribution in [3.05, 3.63) is 29.3 Å². The third kappa shape index (κ3) is 2.06. The molecular weight excluding hydrogens is 190 g/mol.